The number of rotatable bonds is 1. The number of aliphatic imine (C=N–C) groups is 1. The molecule has 1 aliphatic heterocycles. The molecule has 5 nitrogen and oxygen atoms in total. The number of hydrogen-bond acceptors (Lipinski definition) is 5. The number of pyridine rings is 1. The maximum Gasteiger partial charge on any atom is 0.322 e. The molecule has 0 radical (unpaired) electrons. The van der Waals surface area contributed by atoms with Crippen LogP contribution in [0.15, 0.2) is 23.3 Å². The summed E-state index contributed by atoms with van der Waals surface area (Å²) in [4.78, 5) is 30.9. The lowest BCUT2D eigenvalue weighted by Gasteiger charge is -2.13. The summed E-state index contributed by atoms with van der Waals surface area (Å²) in [5, 5.41) is 0. The lowest BCUT2D eigenvalue weighted by molar-refractivity contribution is -0.141. The molecule has 0 spiro atoms. The number of ether oxygens (including phenoxy) is 1. The van der Waals surface area contributed by atoms with Crippen molar-refractivity contribution in [3.05, 3.63) is 23.9 Å². The van der Waals surface area contributed by atoms with Gasteiger partial charge in [0.15, 0.2) is 17.5 Å². The van der Waals surface area contributed by atoms with Gasteiger partial charge in [-0.1, -0.05) is 0 Å². The monoisotopic (exact) mass is 204 g/mol. The second-order valence-electron chi connectivity index (χ2n) is 3.02. The third-order valence-corrected chi connectivity index (χ3v) is 2.14. The van der Waals surface area contributed by atoms with Gasteiger partial charge in [0, 0.05) is 12.4 Å². The van der Waals surface area contributed by atoms with Crippen molar-refractivity contribution in [1.29, 1.82) is 0 Å². The van der Waals surface area contributed by atoms with E-state index in [1.54, 1.807) is 18.3 Å². The quantitative estimate of drug-likeness (QED) is 0.500. The summed E-state index contributed by atoms with van der Waals surface area (Å²) in [7, 11) is 1.24. The molecule has 1 aromatic heterocycles. The minimum atomic E-state index is -0.938. The summed E-state index contributed by atoms with van der Waals surface area (Å²) < 4.78 is 4.50. The maximum atomic E-state index is 11.8. The average molecular weight is 204 g/mol. The number of Topliss-reactive ketones (excluding diaryl/α,β-unsaturated/α-hetero) is 1. The van der Waals surface area contributed by atoms with Crippen LogP contribution in [0.4, 0.5) is 5.82 Å². The number of methoxy groups -OCH3 is 1. The first-order valence-electron chi connectivity index (χ1n) is 4.35. The first kappa shape index (κ1) is 9.51. The molecule has 1 atom stereocenters. The Hall–Kier alpha value is -2.04. The van der Waals surface area contributed by atoms with Crippen molar-refractivity contribution in [2.45, 2.75) is 0 Å². The number of carbonyl (C=O) groups excluding carboxylic acids is 2. The highest BCUT2D eigenvalue weighted by molar-refractivity contribution is 6.21. The Morgan fingerprint density at radius 1 is 1.53 bits per heavy atom. The molecule has 15 heavy (non-hydrogen) atoms. The molecule has 0 saturated heterocycles. The van der Waals surface area contributed by atoms with Crippen LogP contribution in [0.25, 0.3) is 0 Å². The summed E-state index contributed by atoms with van der Waals surface area (Å²) in [6.07, 6.45) is 2.81. The molecule has 1 aliphatic rings. The minimum absolute atomic E-state index is 0.319. The fraction of sp³-hybridized carbons (Fsp3) is 0.200. The van der Waals surface area contributed by atoms with Gasteiger partial charge in [-0.05, 0) is 12.1 Å². The standard InChI is InChI=1S/C10H8N2O3/c1-15-10(14)7-5-12-9-6(8(7)13)3-2-4-11-9/h2-5,7H,1H3. The summed E-state index contributed by atoms with van der Waals surface area (Å²) >= 11 is 0. The molecule has 1 aromatic rings. The molecule has 0 aromatic carbocycles. The van der Waals surface area contributed by atoms with Crippen LogP contribution >= 0.6 is 0 Å². The average Bonchev–Trinajstić information content (AvgIpc) is 2.29. The van der Waals surface area contributed by atoms with E-state index in [4.69, 9.17) is 0 Å². The Morgan fingerprint density at radius 2 is 2.33 bits per heavy atom. The van der Waals surface area contributed by atoms with E-state index in [0.717, 1.165) is 0 Å². The minimum Gasteiger partial charge on any atom is -0.468 e. The lowest BCUT2D eigenvalue weighted by Crippen LogP contribution is -2.29. The van der Waals surface area contributed by atoms with Crippen LogP contribution < -0.4 is 0 Å². The smallest absolute Gasteiger partial charge is 0.322 e. The van der Waals surface area contributed by atoms with Crippen LogP contribution in [0.5, 0.6) is 0 Å². The van der Waals surface area contributed by atoms with E-state index in [9.17, 15) is 9.59 Å². The van der Waals surface area contributed by atoms with Gasteiger partial charge < -0.3 is 4.74 Å². The molecule has 0 fully saturated rings. The van der Waals surface area contributed by atoms with Gasteiger partial charge in [-0.15, -0.1) is 0 Å². The second kappa shape index (κ2) is 3.61. The Bertz CT molecular complexity index is 454. The van der Waals surface area contributed by atoms with E-state index in [1.807, 2.05) is 0 Å². The third kappa shape index (κ3) is 1.52. The highest BCUT2D eigenvalue weighted by atomic mass is 16.5. The van der Waals surface area contributed by atoms with Crippen molar-refractivity contribution in [3.8, 4) is 0 Å². The van der Waals surface area contributed by atoms with Gasteiger partial charge in [0.1, 0.15) is 0 Å². The van der Waals surface area contributed by atoms with Crippen molar-refractivity contribution in [2.24, 2.45) is 10.9 Å². The van der Waals surface area contributed by atoms with Crippen molar-refractivity contribution in [3.63, 3.8) is 0 Å². The molecule has 0 aliphatic carbocycles. The number of hydrogen-bond donors (Lipinski definition) is 0. The largest absolute Gasteiger partial charge is 0.468 e. The van der Waals surface area contributed by atoms with E-state index in [-0.39, 0.29) is 5.78 Å². The third-order valence-electron chi connectivity index (χ3n) is 2.14. The molecular formula is C10H8N2O3. The van der Waals surface area contributed by atoms with Crippen molar-refractivity contribution >= 4 is 23.8 Å². The number of aromatic nitrogens is 1. The predicted molar refractivity (Wildman–Crippen MR) is 52.2 cm³/mol. The predicted octanol–water partition coefficient (Wildman–Crippen LogP) is 0.769. The van der Waals surface area contributed by atoms with Crippen LogP contribution in [0.3, 0.4) is 0 Å². The first-order chi connectivity index (χ1) is 7.24. The zero-order valence-electron chi connectivity index (χ0n) is 8.01. The van der Waals surface area contributed by atoms with Gasteiger partial charge in [-0.25, -0.2) is 9.98 Å². The van der Waals surface area contributed by atoms with Gasteiger partial charge in [-0.3, -0.25) is 9.59 Å². The van der Waals surface area contributed by atoms with Gasteiger partial charge in [0.05, 0.1) is 12.7 Å². The molecule has 76 valence electrons. The molecule has 0 saturated carbocycles. The fourth-order valence-corrected chi connectivity index (χ4v) is 1.37. The fourth-order valence-electron chi connectivity index (χ4n) is 1.37. The first-order valence-corrected chi connectivity index (χ1v) is 4.35. The van der Waals surface area contributed by atoms with E-state index in [2.05, 4.69) is 14.7 Å². The number of ketones is 1. The topological polar surface area (TPSA) is 68.6 Å². The normalized spacial score (nSPS) is 18.5. The molecule has 2 rings (SSSR count). The molecule has 1 unspecified atom stereocenters. The molecule has 0 bridgehead atoms. The number of carbonyl (C=O) groups is 2. The molecule has 2 heterocycles. The van der Waals surface area contributed by atoms with E-state index in [0.29, 0.717) is 11.4 Å². The van der Waals surface area contributed by atoms with Gasteiger partial charge in [0.25, 0.3) is 0 Å². The highest BCUT2D eigenvalue weighted by Crippen LogP contribution is 2.23. The molecular weight excluding hydrogens is 196 g/mol. The summed E-state index contributed by atoms with van der Waals surface area (Å²) in [5.41, 5.74) is 0.357. The van der Waals surface area contributed by atoms with E-state index in [1.165, 1.54) is 13.3 Å². The number of nitrogens with zero attached hydrogens (tertiary/aromatic N) is 2. The Labute approximate surface area is 85.8 Å². The second-order valence-corrected chi connectivity index (χ2v) is 3.02. The lowest BCUT2D eigenvalue weighted by atomic mass is 9.97. The number of fused-ring (bicyclic) bond motifs is 1. The zero-order valence-corrected chi connectivity index (χ0v) is 8.01. The molecule has 0 amide bonds. The van der Waals surface area contributed by atoms with Gasteiger partial charge in [0.2, 0.25) is 0 Å². The number of esters is 1. The molecule has 0 N–H and O–H groups in total. The maximum absolute atomic E-state index is 11.8. The van der Waals surface area contributed by atoms with E-state index >= 15 is 0 Å². The van der Waals surface area contributed by atoms with Crippen LogP contribution in [0.2, 0.25) is 0 Å². The summed E-state index contributed by atoms with van der Waals surface area (Å²) in [6.45, 7) is 0. The Kier molecular flexibility index (Phi) is 2.29. The van der Waals surface area contributed by atoms with Crippen molar-refractivity contribution in [1.82, 2.24) is 4.98 Å². The molecule has 5 heteroatoms. The van der Waals surface area contributed by atoms with Crippen LogP contribution in [-0.4, -0.2) is 30.1 Å². The summed E-state index contributed by atoms with van der Waals surface area (Å²) in [5.74, 6) is -1.51. The van der Waals surface area contributed by atoms with E-state index < -0.39 is 11.9 Å². The van der Waals surface area contributed by atoms with Gasteiger partial charge >= 0.3 is 5.97 Å². The van der Waals surface area contributed by atoms with Gasteiger partial charge in [-0.2, -0.15) is 0 Å². The van der Waals surface area contributed by atoms with Crippen LogP contribution in [0.1, 0.15) is 10.4 Å². The summed E-state index contributed by atoms with van der Waals surface area (Å²) in [6, 6.07) is 3.23. The van der Waals surface area contributed by atoms with Crippen molar-refractivity contribution < 1.29 is 14.3 Å². The van der Waals surface area contributed by atoms with Crippen LogP contribution in [0, 0.1) is 5.92 Å². The van der Waals surface area contributed by atoms with Crippen LogP contribution in [-0.2, 0) is 9.53 Å². The van der Waals surface area contributed by atoms with Crippen molar-refractivity contribution in [2.75, 3.05) is 7.11 Å². The Balaban J connectivity index is 2.42. The highest BCUT2D eigenvalue weighted by Gasteiger charge is 2.31. The zero-order chi connectivity index (χ0) is 10.8. The SMILES string of the molecule is COC(=O)C1C=Nc2ncccc2C1=O. The Morgan fingerprint density at radius 3 is 3.07 bits per heavy atom.